The van der Waals surface area contributed by atoms with Crippen LogP contribution in [0.25, 0.3) is 0 Å². The molecule has 0 aliphatic carbocycles. The molecule has 0 radical (unpaired) electrons. The van der Waals surface area contributed by atoms with Crippen molar-refractivity contribution in [1.29, 1.82) is 0 Å². The summed E-state index contributed by atoms with van der Waals surface area (Å²) in [5, 5.41) is 17.9. The number of rotatable bonds is 1. The summed E-state index contributed by atoms with van der Waals surface area (Å²) in [7, 11) is 0. The number of ketones is 1. The molecular weight excluding hydrogens is 168 g/mol. The molecule has 0 heterocycles. The number of Topliss-reactive ketones (excluding diaryl/α,β-unsaturated/α-hetero) is 1. The molecule has 0 saturated heterocycles. The first-order valence-corrected chi connectivity index (χ1v) is 4.14. The van der Waals surface area contributed by atoms with Crippen molar-refractivity contribution in [1.82, 2.24) is 0 Å². The smallest absolute Gasteiger partial charge is 0.163 e. The summed E-state index contributed by atoms with van der Waals surface area (Å²) in [6.45, 7) is 5.35. The Morgan fingerprint density at radius 3 is 2.15 bits per heavy atom. The van der Waals surface area contributed by atoms with Crippen LogP contribution in [0, 0.1) is 0 Å². The van der Waals surface area contributed by atoms with Crippen LogP contribution in [0.4, 0.5) is 0 Å². The lowest BCUT2D eigenvalue weighted by Gasteiger charge is -1.99. The monoisotopic (exact) mass is 182 g/mol. The second-order valence-electron chi connectivity index (χ2n) is 2.26. The van der Waals surface area contributed by atoms with E-state index in [2.05, 4.69) is 0 Å². The Morgan fingerprint density at radius 2 is 1.77 bits per heavy atom. The van der Waals surface area contributed by atoms with Gasteiger partial charge in [-0.2, -0.15) is 0 Å². The summed E-state index contributed by atoms with van der Waals surface area (Å²) in [6, 6.07) is 3.88. The van der Waals surface area contributed by atoms with Crippen molar-refractivity contribution < 1.29 is 15.0 Å². The topological polar surface area (TPSA) is 57.5 Å². The van der Waals surface area contributed by atoms with E-state index in [-0.39, 0.29) is 22.8 Å². The molecule has 3 heteroatoms. The predicted molar refractivity (Wildman–Crippen MR) is 51.1 cm³/mol. The fraction of sp³-hybridized carbons (Fsp3) is 0.300. The maximum absolute atomic E-state index is 10.7. The second kappa shape index (κ2) is 5.19. The van der Waals surface area contributed by atoms with Crippen molar-refractivity contribution in [2.24, 2.45) is 0 Å². The average Bonchev–Trinajstić information content (AvgIpc) is 2.07. The van der Waals surface area contributed by atoms with Crippen LogP contribution >= 0.6 is 0 Å². The zero-order valence-corrected chi connectivity index (χ0v) is 8.03. The third kappa shape index (κ3) is 3.15. The van der Waals surface area contributed by atoms with Crippen molar-refractivity contribution >= 4 is 5.78 Å². The number of benzene rings is 1. The average molecular weight is 182 g/mol. The zero-order valence-electron chi connectivity index (χ0n) is 8.03. The minimum Gasteiger partial charge on any atom is -0.508 e. The molecule has 0 amide bonds. The number of carbonyl (C=O) groups is 1. The molecule has 1 rings (SSSR count). The van der Waals surface area contributed by atoms with Gasteiger partial charge >= 0.3 is 0 Å². The number of hydrogen-bond acceptors (Lipinski definition) is 3. The first-order valence-electron chi connectivity index (χ1n) is 4.14. The third-order valence-electron chi connectivity index (χ3n) is 1.36. The van der Waals surface area contributed by atoms with Gasteiger partial charge in [-0.3, -0.25) is 4.79 Å². The van der Waals surface area contributed by atoms with Crippen LogP contribution in [-0.2, 0) is 0 Å². The predicted octanol–water partition coefficient (Wildman–Crippen LogP) is 2.33. The highest BCUT2D eigenvalue weighted by Crippen LogP contribution is 2.22. The van der Waals surface area contributed by atoms with E-state index >= 15 is 0 Å². The third-order valence-corrected chi connectivity index (χ3v) is 1.36. The van der Waals surface area contributed by atoms with Crippen molar-refractivity contribution in [2.75, 3.05) is 0 Å². The van der Waals surface area contributed by atoms with E-state index in [9.17, 15) is 4.79 Å². The molecule has 2 N–H and O–H groups in total. The van der Waals surface area contributed by atoms with Crippen LogP contribution in [0.2, 0.25) is 0 Å². The fourth-order valence-electron chi connectivity index (χ4n) is 0.818. The highest BCUT2D eigenvalue weighted by Gasteiger charge is 2.05. The molecule has 0 unspecified atom stereocenters. The zero-order chi connectivity index (χ0) is 10.4. The first-order chi connectivity index (χ1) is 6.11. The van der Waals surface area contributed by atoms with Crippen molar-refractivity contribution in [3.8, 4) is 11.5 Å². The van der Waals surface area contributed by atoms with Crippen LogP contribution in [0.5, 0.6) is 11.5 Å². The molecule has 1 aromatic carbocycles. The Balaban J connectivity index is 0.000000671. The number of carbonyl (C=O) groups excluding carboxylic acids is 1. The summed E-state index contributed by atoms with van der Waals surface area (Å²) >= 11 is 0. The largest absolute Gasteiger partial charge is 0.508 e. The molecule has 0 aromatic heterocycles. The second-order valence-corrected chi connectivity index (χ2v) is 2.26. The van der Waals surface area contributed by atoms with E-state index in [4.69, 9.17) is 10.2 Å². The van der Waals surface area contributed by atoms with E-state index in [1.165, 1.54) is 19.1 Å². The van der Waals surface area contributed by atoms with Gasteiger partial charge in [0.1, 0.15) is 11.5 Å². The van der Waals surface area contributed by atoms with Gasteiger partial charge in [-0.15, -0.1) is 0 Å². The van der Waals surface area contributed by atoms with Gasteiger partial charge in [-0.25, -0.2) is 0 Å². The SMILES string of the molecule is CC.CC(=O)c1ccc(O)cc1O. The van der Waals surface area contributed by atoms with Crippen molar-refractivity contribution in [2.45, 2.75) is 20.8 Å². The van der Waals surface area contributed by atoms with E-state index in [1.54, 1.807) is 0 Å². The normalized spacial score (nSPS) is 8.54. The molecular formula is C10H14O3. The lowest BCUT2D eigenvalue weighted by Crippen LogP contribution is -1.91. The summed E-state index contributed by atoms with van der Waals surface area (Å²) < 4.78 is 0. The molecule has 3 nitrogen and oxygen atoms in total. The summed E-state index contributed by atoms with van der Waals surface area (Å²) in [5.41, 5.74) is 0.225. The van der Waals surface area contributed by atoms with Gasteiger partial charge in [0.05, 0.1) is 5.56 Å². The number of phenols is 2. The quantitative estimate of drug-likeness (QED) is 0.655. The number of aromatic hydroxyl groups is 2. The fourth-order valence-corrected chi connectivity index (χ4v) is 0.818. The van der Waals surface area contributed by atoms with Crippen LogP contribution < -0.4 is 0 Å². The van der Waals surface area contributed by atoms with Crippen molar-refractivity contribution in [3.05, 3.63) is 23.8 Å². The standard InChI is InChI=1S/C8H8O3.C2H6/c1-5(9)7-3-2-6(10)4-8(7)11;1-2/h2-4,10-11H,1H3;1-2H3. The molecule has 0 bridgehead atoms. The minimum atomic E-state index is -0.220. The van der Waals surface area contributed by atoms with Gasteiger partial charge in [0.2, 0.25) is 0 Å². The molecule has 0 aliphatic rings. The molecule has 0 saturated carbocycles. The van der Waals surface area contributed by atoms with E-state index < -0.39 is 0 Å². The maximum Gasteiger partial charge on any atom is 0.163 e. The van der Waals surface area contributed by atoms with Crippen LogP contribution in [0.1, 0.15) is 31.1 Å². The van der Waals surface area contributed by atoms with Gasteiger partial charge in [0.15, 0.2) is 5.78 Å². The highest BCUT2D eigenvalue weighted by molar-refractivity contribution is 5.96. The molecule has 0 atom stereocenters. The Labute approximate surface area is 77.6 Å². The Morgan fingerprint density at radius 1 is 1.23 bits per heavy atom. The lowest BCUT2D eigenvalue weighted by atomic mass is 10.1. The van der Waals surface area contributed by atoms with E-state index in [0.29, 0.717) is 0 Å². The molecule has 1 aromatic rings. The van der Waals surface area contributed by atoms with Crippen LogP contribution in [0.3, 0.4) is 0 Å². The van der Waals surface area contributed by atoms with Gasteiger partial charge in [-0.1, -0.05) is 13.8 Å². The molecule has 13 heavy (non-hydrogen) atoms. The molecule has 0 spiro atoms. The van der Waals surface area contributed by atoms with Gasteiger partial charge in [-0.05, 0) is 19.1 Å². The minimum absolute atomic E-state index is 0.0486. The van der Waals surface area contributed by atoms with Gasteiger partial charge in [0.25, 0.3) is 0 Å². The summed E-state index contributed by atoms with van der Waals surface area (Å²) in [6.07, 6.45) is 0. The maximum atomic E-state index is 10.7. The molecule has 72 valence electrons. The van der Waals surface area contributed by atoms with Crippen molar-refractivity contribution in [3.63, 3.8) is 0 Å². The van der Waals surface area contributed by atoms with Crippen LogP contribution in [0.15, 0.2) is 18.2 Å². The van der Waals surface area contributed by atoms with Gasteiger partial charge < -0.3 is 10.2 Å². The summed E-state index contributed by atoms with van der Waals surface area (Å²) in [5.74, 6) is -0.451. The van der Waals surface area contributed by atoms with Gasteiger partial charge in [0, 0.05) is 6.07 Å². The first kappa shape index (κ1) is 11.5. The Bertz CT molecular complexity index is 292. The Kier molecular flexibility index (Phi) is 4.59. The van der Waals surface area contributed by atoms with E-state index in [0.717, 1.165) is 6.07 Å². The number of phenolic OH excluding ortho intramolecular Hbond substituents is 2. The number of hydrogen-bond donors (Lipinski definition) is 2. The highest BCUT2D eigenvalue weighted by atomic mass is 16.3. The van der Waals surface area contributed by atoms with E-state index in [1.807, 2.05) is 13.8 Å². The summed E-state index contributed by atoms with van der Waals surface area (Å²) in [4.78, 5) is 10.7. The Hall–Kier alpha value is -1.51. The lowest BCUT2D eigenvalue weighted by molar-refractivity contribution is 0.101. The van der Waals surface area contributed by atoms with Crippen LogP contribution in [-0.4, -0.2) is 16.0 Å². The molecule has 0 aliphatic heterocycles. The molecule has 0 fully saturated rings.